The van der Waals surface area contributed by atoms with Gasteiger partial charge in [0.25, 0.3) is 0 Å². The van der Waals surface area contributed by atoms with Crippen LogP contribution in [0, 0.1) is 6.92 Å². The van der Waals surface area contributed by atoms with E-state index in [2.05, 4.69) is 26.4 Å². The number of aromatic nitrogens is 4. The first kappa shape index (κ1) is 19.3. The van der Waals surface area contributed by atoms with E-state index in [9.17, 15) is 4.79 Å². The molecule has 0 saturated heterocycles. The van der Waals surface area contributed by atoms with Gasteiger partial charge >= 0.3 is 0 Å². The second-order valence-corrected chi connectivity index (χ2v) is 7.40. The molecule has 3 heterocycles. The van der Waals surface area contributed by atoms with Crippen LogP contribution in [-0.2, 0) is 17.8 Å². The van der Waals surface area contributed by atoms with E-state index in [0.717, 1.165) is 34.9 Å². The standard InChI is InChI=1S/C21H25N5O3/c1-14-9-15(11-24-21(14)29-16-3-2-4-16)12-26-13-17-18(25-26)5-6-22-19(17)10-20(28)23-7-8-27/h5-6,9,11,13,16,27H,2-4,7-8,10,12H2,1H3,(H,23,28). The van der Waals surface area contributed by atoms with Crippen LogP contribution in [0.3, 0.4) is 0 Å². The largest absolute Gasteiger partial charge is 0.474 e. The summed E-state index contributed by atoms with van der Waals surface area (Å²) in [6.07, 6.45) is 9.30. The lowest BCUT2D eigenvalue weighted by atomic mass is 9.96. The van der Waals surface area contributed by atoms with Gasteiger partial charge in [-0.15, -0.1) is 0 Å². The molecule has 3 aromatic rings. The topological polar surface area (TPSA) is 102 Å². The Balaban J connectivity index is 1.49. The molecule has 4 rings (SSSR count). The van der Waals surface area contributed by atoms with Crippen molar-refractivity contribution in [1.29, 1.82) is 0 Å². The molecular formula is C21H25N5O3. The fraction of sp³-hybridized carbons (Fsp3) is 0.429. The summed E-state index contributed by atoms with van der Waals surface area (Å²) in [5.74, 6) is 0.540. The van der Waals surface area contributed by atoms with Gasteiger partial charge in [-0.1, -0.05) is 0 Å². The third-order valence-corrected chi connectivity index (χ3v) is 5.09. The number of aryl methyl sites for hydroxylation is 1. The van der Waals surface area contributed by atoms with Crippen molar-refractivity contribution in [3.05, 3.63) is 47.5 Å². The fourth-order valence-corrected chi connectivity index (χ4v) is 3.34. The highest BCUT2D eigenvalue weighted by Crippen LogP contribution is 2.26. The third kappa shape index (κ3) is 4.54. The number of hydrogen-bond donors (Lipinski definition) is 2. The van der Waals surface area contributed by atoms with Crippen molar-refractivity contribution in [3.63, 3.8) is 0 Å². The summed E-state index contributed by atoms with van der Waals surface area (Å²) in [6.45, 7) is 2.74. The van der Waals surface area contributed by atoms with Crippen LogP contribution in [0.25, 0.3) is 10.9 Å². The van der Waals surface area contributed by atoms with E-state index in [4.69, 9.17) is 9.84 Å². The molecule has 0 aromatic carbocycles. The number of ether oxygens (including phenoxy) is 1. The number of pyridine rings is 2. The lowest BCUT2D eigenvalue weighted by Crippen LogP contribution is -2.28. The van der Waals surface area contributed by atoms with Gasteiger partial charge in [0.1, 0.15) is 6.10 Å². The highest BCUT2D eigenvalue weighted by atomic mass is 16.5. The third-order valence-electron chi connectivity index (χ3n) is 5.09. The van der Waals surface area contributed by atoms with Crippen LogP contribution in [0.2, 0.25) is 0 Å². The lowest BCUT2D eigenvalue weighted by Gasteiger charge is -2.26. The van der Waals surface area contributed by atoms with Crippen LogP contribution in [0.4, 0.5) is 0 Å². The zero-order chi connectivity index (χ0) is 20.2. The van der Waals surface area contributed by atoms with Gasteiger partial charge < -0.3 is 15.2 Å². The Labute approximate surface area is 168 Å². The second kappa shape index (κ2) is 8.57. The van der Waals surface area contributed by atoms with Gasteiger partial charge in [0.2, 0.25) is 11.8 Å². The molecule has 29 heavy (non-hydrogen) atoms. The number of carbonyl (C=O) groups is 1. The van der Waals surface area contributed by atoms with Crippen molar-refractivity contribution in [3.8, 4) is 5.88 Å². The maximum absolute atomic E-state index is 12.0. The van der Waals surface area contributed by atoms with E-state index in [0.29, 0.717) is 24.2 Å². The molecule has 0 bridgehead atoms. The molecule has 2 N–H and O–H groups in total. The second-order valence-electron chi connectivity index (χ2n) is 7.40. The van der Waals surface area contributed by atoms with Gasteiger partial charge in [0.05, 0.1) is 30.8 Å². The summed E-state index contributed by atoms with van der Waals surface area (Å²) >= 11 is 0. The summed E-state index contributed by atoms with van der Waals surface area (Å²) in [5, 5.41) is 16.9. The van der Waals surface area contributed by atoms with Crippen LogP contribution >= 0.6 is 0 Å². The number of nitrogens with zero attached hydrogens (tertiary/aromatic N) is 4. The van der Waals surface area contributed by atoms with Gasteiger partial charge in [-0.25, -0.2) is 4.98 Å². The van der Waals surface area contributed by atoms with Crippen LogP contribution in [0.15, 0.2) is 30.7 Å². The van der Waals surface area contributed by atoms with Crippen LogP contribution in [0.1, 0.15) is 36.1 Å². The minimum Gasteiger partial charge on any atom is -0.474 e. The number of fused-ring (bicyclic) bond motifs is 1. The Morgan fingerprint density at radius 1 is 1.38 bits per heavy atom. The Hall–Kier alpha value is -3.00. The number of aliphatic hydroxyl groups excluding tert-OH is 1. The molecule has 3 aromatic heterocycles. The molecule has 1 aliphatic rings. The molecule has 1 saturated carbocycles. The van der Waals surface area contributed by atoms with E-state index in [1.807, 2.05) is 30.1 Å². The minimum absolute atomic E-state index is 0.0841. The predicted octanol–water partition coefficient (Wildman–Crippen LogP) is 1.77. The molecule has 0 aliphatic heterocycles. The number of amides is 1. The molecule has 1 aliphatic carbocycles. The lowest BCUT2D eigenvalue weighted by molar-refractivity contribution is -0.120. The van der Waals surface area contributed by atoms with Gasteiger partial charge in [-0.3, -0.25) is 14.5 Å². The van der Waals surface area contributed by atoms with Gasteiger partial charge in [0.15, 0.2) is 0 Å². The number of rotatable bonds is 8. The van der Waals surface area contributed by atoms with Crippen LogP contribution < -0.4 is 10.1 Å². The van der Waals surface area contributed by atoms with Crippen LogP contribution in [0.5, 0.6) is 5.88 Å². The summed E-state index contributed by atoms with van der Waals surface area (Å²) in [5.41, 5.74) is 3.52. The number of aliphatic hydroxyl groups is 1. The van der Waals surface area contributed by atoms with Gasteiger partial charge in [-0.05, 0) is 43.9 Å². The van der Waals surface area contributed by atoms with Gasteiger partial charge in [0, 0.05) is 36.1 Å². The van der Waals surface area contributed by atoms with E-state index < -0.39 is 0 Å². The predicted molar refractivity (Wildman–Crippen MR) is 108 cm³/mol. The average molecular weight is 395 g/mol. The minimum atomic E-state index is -0.173. The first-order chi connectivity index (χ1) is 14.1. The number of hydrogen-bond acceptors (Lipinski definition) is 6. The van der Waals surface area contributed by atoms with Crippen molar-refractivity contribution in [2.75, 3.05) is 13.2 Å². The molecule has 0 spiro atoms. The molecule has 1 fully saturated rings. The Bertz CT molecular complexity index is 1010. The summed E-state index contributed by atoms with van der Waals surface area (Å²) in [7, 11) is 0. The molecule has 8 nitrogen and oxygen atoms in total. The SMILES string of the molecule is Cc1cc(Cn2cc3c(CC(=O)NCCO)nccc3n2)cnc1OC1CCC1. The quantitative estimate of drug-likeness (QED) is 0.603. The zero-order valence-electron chi connectivity index (χ0n) is 16.5. The Kier molecular flexibility index (Phi) is 5.71. The summed E-state index contributed by atoms with van der Waals surface area (Å²) < 4.78 is 7.76. The van der Waals surface area contributed by atoms with E-state index >= 15 is 0 Å². The van der Waals surface area contributed by atoms with Crippen molar-refractivity contribution in [1.82, 2.24) is 25.1 Å². The summed E-state index contributed by atoms with van der Waals surface area (Å²) in [4.78, 5) is 20.8. The fourth-order valence-electron chi connectivity index (χ4n) is 3.34. The molecule has 0 atom stereocenters. The number of carbonyl (C=O) groups excluding carboxylic acids is 1. The average Bonchev–Trinajstić information content (AvgIpc) is 3.08. The molecular weight excluding hydrogens is 370 g/mol. The van der Waals surface area contributed by atoms with Crippen molar-refractivity contribution < 1.29 is 14.6 Å². The van der Waals surface area contributed by atoms with E-state index in [1.165, 1.54) is 6.42 Å². The monoisotopic (exact) mass is 395 g/mol. The van der Waals surface area contributed by atoms with Gasteiger partial charge in [-0.2, -0.15) is 5.10 Å². The zero-order valence-corrected chi connectivity index (χ0v) is 16.5. The Morgan fingerprint density at radius 3 is 2.97 bits per heavy atom. The maximum Gasteiger partial charge on any atom is 0.226 e. The molecule has 0 unspecified atom stereocenters. The normalized spacial score (nSPS) is 14.0. The molecule has 0 radical (unpaired) electrons. The van der Waals surface area contributed by atoms with E-state index in [-0.39, 0.29) is 25.5 Å². The van der Waals surface area contributed by atoms with E-state index in [1.54, 1.807) is 6.20 Å². The van der Waals surface area contributed by atoms with Crippen molar-refractivity contribution >= 4 is 16.8 Å². The van der Waals surface area contributed by atoms with Crippen LogP contribution in [-0.4, -0.2) is 50.0 Å². The first-order valence-electron chi connectivity index (χ1n) is 9.93. The molecule has 8 heteroatoms. The first-order valence-corrected chi connectivity index (χ1v) is 9.93. The molecule has 1 amide bonds. The molecule has 152 valence electrons. The van der Waals surface area contributed by atoms with Crippen molar-refractivity contribution in [2.45, 2.75) is 45.3 Å². The highest BCUT2D eigenvalue weighted by molar-refractivity contribution is 5.86. The number of nitrogens with one attached hydrogen (secondary N) is 1. The summed E-state index contributed by atoms with van der Waals surface area (Å²) in [6, 6.07) is 3.91. The highest BCUT2D eigenvalue weighted by Gasteiger charge is 2.20. The van der Waals surface area contributed by atoms with Crippen molar-refractivity contribution in [2.24, 2.45) is 0 Å². The smallest absolute Gasteiger partial charge is 0.226 e. The Morgan fingerprint density at radius 2 is 2.24 bits per heavy atom. The maximum atomic E-state index is 12.0.